The van der Waals surface area contributed by atoms with Gasteiger partial charge in [-0.25, -0.2) is 0 Å². The maximum absolute atomic E-state index is 5.22. The third-order valence-corrected chi connectivity index (χ3v) is 2.68. The first-order valence-electron chi connectivity index (χ1n) is 4.20. The van der Waals surface area contributed by atoms with Crippen LogP contribution < -0.4 is 0 Å². The highest BCUT2D eigenvalue weighted by molar-refractivity contribution is 4.89. The summed E-state index contributed by atoms with van der Waals surface area (Å²) in [5.41, 5.74) is 0.604. The van der Waals surface area contributed by atoms with E-state index in [1.807, 2.05) is 0 Å². The van der Waals surface area contributed by atoms with Crippen molar-refractivity contribution in [1.29, 1.82) is 0 Å². The molecule has 0 spiro atoms. The van der Waals surface area contributed by atoms with E-state index in [2.05, 4.69) is 12.8 Å². The monoisotopic (exact) mass is 136 g/mol. The first-order valence-corrected chi connectivity index (χ1v) is 4.20. The fourth-order valence-electron chi connectivity index (χ4n) is 1.85. The van der Waals surface area contributed by atoms with E-state index in [0.717, 1.165) is 6.42 Å². The van der Waals surface area contributed by atoms with Crippen LogP contribution >= 0.6 is 0 Å². The van der Waals surface area contributed by atoms with E-state index in [9.17, 15) is 0 Å². The maximum atomic E-state index is 5.22. The molecular formula is C10H16. The first kappa shape index (κ1) is 7.66. The Bertz CT molecular complexity index is 133. The quantitative estimate of drug-likeness (QED) is 0.512. The van der Waals surface area contributed by atoms with Gasteiger partial charge in [0.15, 0.2) is 0 Å². The van der Waals surface area contributed by atoms with Gasteiger partial charge < -0.3 is 0 Å². The number of terminal acetylenes is 1. The summed E-state index contributed by atoms with van der Waals surface area (Å²) >= 11 is 0. The molecule has 0 nitrogen and oxygen atoms in total. The molecule has 0 atom stereocenters. The number of hydrogen-bond acceptors (Lipinski definition) is 0. The molecule has 0 aromatic rings. The van der Waals surface area contributed by atoms with Crippen molar-refractivity contribution in [3.63, 3.8) is 0 Å². The van der Waals surface area contributed by atoms with Gasteiger partial charge in [0.25, 0.3) is 0 Å². The zero-order valence-electron chi connectivity index (χ0n) is 6.82. The van der Waals surface area contributed by atoms with E-state index in [1.165, 1.54) is 32.1 Å². The van der Waals surface area contributed by atoms with Gasteiger partial charge in [-0.3, -0.25) is 0 Å². The van der Waals surface area contributed by atoms with Crippen molar-refractivity contribution in [3.8, 4) is 12.3 Å². The third-order valence-electron chi connectivity index (χ3n) is 2.68. The molecule has 10 heavy (non-hydrogen) atoms. The van der Waals surface area contributed by atoms with Crippen molar-refractivity contribution >= 4 is 0 Å². The van der Waals surface area contributed by atoms with E-state index >= 15 is 0 Å². The van der Waals surface area contributed by atoms with Gasteiger partial charge in [0.05, 0.1) is 0 Å². The smallest absolute Gasteiger partial charge is 0.00912 e. The van der Waals surface area contributed by atoms with Gasteiger partial charge in [0, 0.05) is 6.42 Å². The third kappa shape index (κ3) is 1.77. The van der Waals surface area contributed by atoms with E-state index < -0.39 is 0 Å². The lowest BCUT2D eigenvalue weighted by molar-refractivity contribution is 0.313. The summed E-state index contributed by atoms with van der Waals surface area (Å²) in [4.78, 5) is 0. The molecule has 0 saturated heterocycles. The first-order chi connectivity index (χ1) is 4.77. The lowest BCUT2D eigenvalue weighted by Crippen LogP contribution is -2.09. The Hall–Kier alpha value is -0.440. The molecule has 1 fully saturated rings. The van der Waals surface area contributed by atoms with Crippen LogP contribution in [0.4, 0.5) is 0 Å². The van der Waals surface area contributed by atoms with Crippen LogP contribution in [0.25, 0.3) is 0 Å². The van der Waals surface area contributed by atoms with Crippen molar-refractivity contribution in [2.24, 2.45) is 5.41 Å². The van der Waals surface area contributed by atoms with E-state index in [1.54, 1.807) is 0 Å². The predicted molar refractivity (Wildman–Crippen MR) is 44.6 cm³/mol. The van der Waals surface area contributed by atoms with Crippen molar-refractivity contribution in [1.82, 2.24) is 0 Å². The highest BCUT2D eigenvalue weighted by Crippen LogP contribution is 2.40. The Morgan fingerprint density at radius 2 is 2.00 bits per heavy atom. The zero-order chi connectivity index (χ0) is 7.45. The van der Waals surface area contributed by atoms with Crippen molar-refractivity contribution in [3.05, 3.63) is 0 Å². The molecule has 0 N–H and O–H groups in total. The highest BCUT2D eigenvalue weighted by atomic mass is 14.3. The Morgan fingerprint density at radius 3 is 2.50 bits per heavy atom. The normalized spacial score (nSPS) is 22.4. The Labute approximate surface area is 64.0 Å². The number of rotatable bonds is 2. The molecule has 0 heterocycles. The van der Waals surface area contributed by atoms with Gasteiger partial charge in [0.1, 0.15) is 0 Å². The van der Waals surface area contributed by atoms with Crippen LogP contribution in [0.5, 0.6) is 0 Å². The average molecular weight is 136 g/mol. The zero-order valence-corrected chi connectivity index (χ0v) is 6.82. The van der Waals surface area contributed by atoms with Gasteiger partial charge >= 0.3 is 0 Å². The molecule has 0 aromatic carbocycles. The molecule has 0 unspecified atom stereocenters. The van der Waals surface area contributed by atoms with Crippen LogP contribution in [-0.2, 0) is 0 Å². The van der Waals surface area contributed by atoms with Crippen molar-refractivity contribution in [2.45, 2.75) is 45.4 Å². The molecule has 0 aromatic heterocycles. The molecule has 0 bridgehead atoms. The minimum Gasteiger partial charge on any atom is -0.120 e. The minimum absolute atomic E-state index is 0.604. The maximum Gasteiger partial charge on any atom is 0.00912 e. The van der Waals surface area contributed by atoms with Crippen molar-refractivity contribution < 1.29 is 0 Å². The van der Waals surface area contributed by atoms with Crippen LogP contribution in [0.2, 0.25) is 0 Å². The standard InChI is InChI=1S/C10H16/c1-3-4-7-10(2)8-5-6-9-10/h1H,4-9H2,2H3. The van der Waals surface area contributed by atoms with Crippen LogP contribution in [0.3, 0.4) is 0 Å². The predicted octanol–water partition coefficient (Wildman–Crippen LogP) is 2.98. The molecule has 0 heteroatoms. The van der Waals surface area contributed by atoms with E-state index in [-0.39, 0.29) is 0 Å². The Balaban J connectivity index is 2.30. The fourth-order valence-corrected chi connectivity index (χ4v) is 1.85. The molecule has 56 valence electrons. The molecule has 1 rings (SSSR count). The summed E-state index contributed by atoms with van der Waals surface area (Å²) in [5.74, 6) is 2.72. The van der Waals surface area contributed by atoms with Crippen molar-refractivity contribution in [2.75, 3.05) is 0 Å². The Kier molecular flexibility index (Phi) is 2.38. The minimum atomic E-state index is 0.604. The molecule has 1 aliphatic rings. The van der Waals surface area contributed by atoms with E-state index in [0.29, 0.717) is 5.41 Å². The number of hydrogen-bond donors (Lipinski definition) is 0. The fraction of sp³-hybridized carbons (Fsp3) is 0.800. The molecule has 0 aliphatic heterocycles. The van der Waals surface area contributed by atoms with Crippen LogP contribution in [0.15, 0.2) is 0 Å². The van der Waals surface area contributed by atoms with Gasteiger partial charge in [-0.2, -0.15) is 0 Å². The second kappa shape index (κ2) is 3.10. The summed E-state index contributed by atoms with van der Waals surface area (Å²) in [6, 6.07) is 0. The average Bonchev–Trinajstić information content (AvgIpc) is 2.33. The van der Waals surface area contributed by atoms with E-state index in [4.69, 9.17) is 6.42 Å². The summed E-state index contributed by atoms with van der Waals surface area (Å²) in [7, 11) is 0. The van der Waals surface area contributed by atoms with Crippen LogP contribution in [-0.4, -0.2) is 0 Å². The second-order valence-electron chi connectivity index (χ2n) is 3.72. The van der Waals surface area contributed by atoms with Gasteiger partial charge in [-0.05, 0) is 24.7 Å². The highest BCUT2D eigenvalue weighted by Gasteiger charge is 2.27. The molecular weight excluding hydrogens is 120 g/mol. The summed E-state index contributed by atoms with van der Waals surface area (Å²) in [5, 5.41) is 0. The topological polar surface area (TPSA) is 0 Å². The Morgan fingerprint density at radius 1 is 1.40 bits per heavy atom. The van der Waals surface area contributed by atoms with Gasteiger partial charge in [0.2, 0.25) is 0 Å². The lowest BCUT2D eigenvalue weighted by Gasteiger charge is -2.21. The lowest BCUT2D eigenvalue weighted by atomic mass is 9.84. The van der Waals surface area contributed by atoms with Gasteiger partial charge in [-0.1, -0.05) is 19.8 Å². The molecule has 1 saturated carbocycles. The molecule has 0 radical (unpaired) electrons. The second-order valence-corrected chi connectivity index (χ2v) is 3.72. The largest absolute Gasteiger partial charge is 0.120 e. The summed E-state index contributed by atoms with van der Waals surface area (Å²) < 4.78 is 0. The molecule has 1 aliphatic carbocycles. The van der Waals surface area contributed by atoms with Crippen LogP contribution in [0.1, 0.15) is 45.4 Å². The molecule has 0 amide bonds. The van der Waals surface area contributed by atoms with Gasteiger partial charge in [-0.15, -0.1) is 12.3 Å². The van der Waals surface area contributed by atoms with Crippen LogP contribution in [0, 0.1) is 17.8 Å². The summed E-state index contributed by atoms with van der Waals surface area (Å²) in [6.07, 6.45) is 13.1. The SMILES string of the molecule is C#CCCC1(C)CCCC1. The summed E-state index contributed by atoms with van der Waals surface area (Å²) in [6.45, 7) is 2.37.